The molecule has 112 valence electrons. The van der Waals surface area contributed by atoms with Crippen molar-refractivity contribution >= 4 is 5.91 Å². The second-order valence-electron chi connectivity index (χ2n) is 5.54. The van der Waals surface area contributed by atoms with Crippen LogP contribution in [-0.4, -0.2) is 24.2 Å². The average Bonchev–Trinajstić information content (AvgIpc) is 2.45. The molecule has 1 aromatic rings. The summed E-state index contributed by atoms with van der Waals surface area (Å²) >= 11 is 0. The number of halogens is 1. The summed E-state index contributed by atoms with van der Waals surface area (Å²) in [6.45, 7) is 2.45. The van der Waals surface area contributed by atoms with Crippen molar-refractivity contribution < 1.29 is 14.3 Å². The van der Waals surface area contributed by atoms with E-state index in [1.165, 1.54) is 24.6 Å². The molecule has 3 nitrogen and oxygen atoms in total. The number of aliphatic hydroxyl groups is 1. The van der Waals surface area contributed by atoms with Gasteiger partial charge in [-0.2, -0.15) is 0 Å². The summed E-state index contributed by atoms with van der Waals surface area (Å²) in [7, 11) is 0. The van der Waals surface area contributed by atoms with Crippen molar-refractivity contribution in [2.45, 2.75) is 32.6 Å². The number of rotatable bonds is 4. The Morgan fingerprint density at radius 1 is 1.48 bits per heavy atom. The summed E-state index contributed by atoms with van der Waals surface area (Å²) in [5.41, 5.74) is 0.864. The van der Waals surface area contributed by atoms with Gasteiger partial charge in [0.15, 0.2) is 0 Å². The van der Waals surface area contributed by atoms with Crippen LogP contribution >= 0.6 is 0 Å². The van der Waals surface area contributed by atoms with E-state index in [4.69, 9.17) is 5.11 Å². The van der Waals surface area contributed by atoms with E-state index >= 15 is 0 Å². The Kier molecular flexibility index (Phi) is 4.98. The van der Waals surface area contributed by atoms with Crippen LogP contribution in [-0.2, 0) is 0 Å². The smallest absolute Gasteiger partial charge is 0.252 e. The van der Waals surface area contributed by atoms with E-state index in [9.17, 15) is 9.18 Å². The highest BCUT2D eigenvalue weighted by atomic mass is 19.1. The molecule has 0 spiro atoms. The third-order valence-electron chi connectivity index (χ3n) is 4.32. The molecule has 0 heterocycles. The van der Waals surface area contributed by atoms with Crippen molar-refractivity contribution in [3.05, 3.63) is 35.1 Å². The first-order valence-corrected chi connectivity index (χ1v) is 7.28. The molecule has 21 heavy (non-hydrogen) atoms. The molecule has 0 saturated heterocycles. The predicted molar refractivity (Wildman–Crippen MR) is 79.3 cm³/mol. The van der Waals surface area contributed by atoms with Crippen LogP contribution in [0.15, 0.2) is 18.2 Å². The SMILES string of the molecule is CCC1(CNC(=O)c2cc(F)ccc2C#CCO)CCC1. The number of hydrogen-bond acceptors (Lipinski definition) is 2. The number of amides is 1. The zero-order valence-corrected chi connectivity index (χ0v) is 12.2. The molecule has 1 amide bonds. The standard InChI is InChI=1S/C17H20FNO2/c1-2-17(8-4-9-17)12-19-16(21)15-11-14(18)7-6-13(15)5-3-10-20/h6-7,11,20H,2,4,8-10,12H2,1H3,(H,19,21). The van der Waals surface area contributed by atoms with Crippen molar-refractivity contribution in [3.8, 4) is 11.8 Å². The summed E-state index contributed by atoms with van der Waals surface area (Å²) in [6, 6.07) is 3.92. The second kappa shape index (κ2) is 6.73. The Morgan fingerprint density at radius 2 is 2.24 bits per heavy atom. The van der Waals surface area contributed by atoms with Crippen molar-refractivity contribution in [2.24, 2.45) is 5.41 Å². The molecule has 0 bridgehead atoms. The fourth-order valence-electron chi connectivity index (χ4n) is 2.64. The third-order valence-corrected chi connectivity index (χ3v) is 4.32. The van der Waals surface area contributed by atoms with Crippen LogP contribution in [0.1, 0.15) is 48.5 Å². The highest BCUT2D eigenvalue weighted by Gasteiger charge is 2.35. The van der Waals surface area contributed by atoms with Gasteiger partial charge in [0, 0.05) is 12.1 Å². The average molecular weight is 289 g/mol. The number of benzene rings is 1. The largest absolute Gasteiger partial charge is 0.384 e. The Morgan fingerprint density at radius 3 is 2.81 bits per heavy atom. The normalized spacial score (nSPS) is 15.6. The van der Waals surface area contributed by atoms with E-state index in [2.05, 4.69) is 24.1 Å². The van der Waals surface area contributed by atoms with E-state index in [-0.39, 0.29) is 23.5 Å². The topological polar surface area (TPSA) is 49.3 Å². The summed E-state index contributed by atoms with van der Waals surface area (Å²) in [5.74, 6) is 4.39. The number of nitrogens with one attached hydrogen (secondary N) is 1. The molecule has 0 atom stereocenters. The Labute approximate surface area is 124 Å². The zero-order chi connectivity index (χ0) is 15.3. The maximum atomic E-state index is 13.4. The Hall–Kier alpha value is -1.86. The van der Waals surface area contributed by atoms with Crippen LogP contribution in [0.2, 0.25) is 0 Å². The van der Waals surface area contributed by atoms with Gasteiger partial charge >= 0.3 is 0 Å². The molecule has 2 rings (SSSR count). The lowest BCUT2D eigenvalue weighted by Crippen LogP contribution is -2.41. The van der Waals surface area contributed by atoms with Crippen molar-refractivity contribution in [3.63, 3.8) is 0 Å². The van der Waals surface area contributed by atoms with Crippen molar-refractivity contribution in [2.75, 3.05) is 13.2 Å². The fraction of sp³-hybridized carbons (Fsp3) is 0.471. The lowest BCUT2D eigenvalue weighted by Gasteiger charge is -2.41. The van der Waals surface area contributed by atoms with Gasteiger partial charge in [-0.3, -0.25) is 4.79 Å². The fourth-order valence-corrected chi connectivity index (χ4v) is 2.64. The Balaban J connectivity index is 2.12. The van der Waals surface area contributed by atoms with E-state index in [0.717, 1.165) is 19.3 Å². The molecule has 1 aliphatic carbocycles. The highest BCUT2D eigenvalue weighted by Crippen LogP contribution is 2.43. The van der Waals surface area contributed by atoms with Crippen LogP contribution in [0.25, 0.3) is 0 Å². The number of hydrogen-bond donors (Lipinski definition) is 2. The molecule has 1 aliphatic rings. The molecule has 0 aliphatic heterocycles. The summed E-state index contributed by atoms with van der Waals surface area (Å²) in [6.07, 6.45) is 4.50. The number of carbonyl (C=O) groups is 1. The maximum absolute atomic E-state index is 13.4. The van der Waals surface area contributed by atoms with E-state index in [1.807, 2.05) is 0 Å². The molecule has 0 aromatic heterocycles. The first-order chi connectivity index (χ1) is 10.1. The number of aliphatic hydroxyl groups excluding tert-OH is 1. The molecule has 1 fully saturated rings. The summed E-state index contributed by atoms with van der Waals surface area (Å²) in [4.78, 5) is 12.3. The van der Waals surface area contributed by atoms with E-state index < -0.39 is 5.82 Å². The molecular formula is C17H20FNO2. The van der Waals surface area contributed by atoms with Gasteiger partial charge < -0.3 is 10.4 Å². The van der Waals surface area contributed by atoms with Gasteiger partial charge in [0.05, 0.1) is 5.56 Å². The van der Waals surface area contributed by atoms with Gasteiger partial charge in [-0.1, -0.05) is 25.2 Å². The first kappa shape index (κ1) is 15.5. The highest BCUT2D eigenvalue weighted by molar-refractivity contribution is 5.96. The lowest BCUT2D eigenvalue weighted by atomic mass is 9.67. The maximum Gasteiger partial charge on any atom is 0.252 e. The molecule has 1 aromatic carbocycles. The minimum absolute atomic E-state index is 0.208. The summed E-state index contributed by atoms with van der Waals surface area (Å²) in [5, 5.41) is 11.6. The molecule has 0 radical (unpaired) electrons. The van der Waals surface area contributed by atoms with Gasteiger partial charge in [-0.25, -0.2) is 4.39 Å². The summed E-state index contributed by atoms with van der Waals surface area (Å²) < 4.78 is 13.4. The molecule has 1 saturated carbocycles. The first-order valence-electron chi connectivity index (χ1n) is 7.28. The monoisotopic (exact) mass is 289 g/mol. The third kappa shape index (κ3) is 3.62. The van der Waals surface area contributed by atoms with E-state index in [0.29, 0.717) is 12.1 Å². The van der Waals surface area contributed by atoms with Gasteiger partial charge in [0.1, 0.15) is 12.4 Å². The van der Waals surface area contributed by atoms with Gasteiger partial charge in [0.25, 0.3) is 5.91 Å². The van der Waals surface area contributed by atoms with Crippen LogP contribution in [0.4, 0.5) is 4.39 Å². The van der Waals surface area contributed by atoms with E-state index in [1.54, 1.807) is 0 Å². The molecule has 0 unspecified atom stereocenters. The lowest BCUT2D eigenvalue weighted by molar-refractivity contribution is 0.0849. The minimum atomic E-state index is -0.469. The zero-order valence-electron chi connectivity index (χ0n) is 12.2. The van der Waals surface area contributed by atoms with Crippen LogP contribution in [0, 0.1) is 23.1 Å². The molecular weight excluding hydrogens is 269 g/mol. The van der Waals surface area contributed by atoms with Crippen LogP contribution < -0.4 is 5.32 Å². The molecule has 4 heteroatoms. The second-order valence-corrected chi connectivity index (χ2v) is 5.54. The predicted octanol–water partition coefficient (Wildman–Crippen LogP) is 2.48. The van der Waals surface area contributed by atoms with Gasteiger partial charge in [-0.05, 0) is 42.9 Å². The van der Waals surface area contributed by atoms with Crippen LogP contribution in [0.3, 0.4) is 0 Å². The van der Waals surface area contributed by atoms with Gasteiger partial charge in [-0.15, -0.1) is 0 Å². The van der Waals surface area contributed by atoms with Crippen molar-refractivity contribution in [1.29, 1.82) is 0 Å². The Bertz CT molecular complexity index is 577. The van der Waals surface area contributed by atoms with Gasteiger partial charge in [0.2, 0.25) is 0 Å². The number of carbonyl (C=O) groups excluding carboxylic acids is 1. The van der Waals surface area contributed by atoms with Crippen molar-refractivity contribution in [1.82, 2.24) is 5.32 Å². The van der Waals surface area contributed by atoms with Crippen LogP contribution in [0.5, 0.6) is 0 Å². The minimum Gasteiger partial charge on any atom is -0.384 e. The molecule has 2 N–H and O–H groups in total. The quantitative estimate of drug-likeness (QED) is 0.837.